The number of benzene rings is 1. The zero-order valence-electron chi connectivity index (χ0n) is 13.7. The fourth-order valence-corrected chi connectivity index (χ4v) is 3.56. The molecule has 1 aromatic rings. The Labute approximate surface area is 155 Å². The van der Waals surface area contributed by atoms with E-state index in [1.54, 1.807) is 12.1 Å². The Hall–Kier alpha value is -0.430. The first-order chi connectivity index (χ1) is 10.6. The van der Waals surface area contributed by atoms with Crippen molar-refractivity contribution >= 4 is 24.8 Å². The van der Waals surface area contributed by atoms with Gasteiger partial charge in [0.1, 0.15) is 5.82 Å². The quantitative estimate of drug-likeness (QED) is 0.731. The minimum atomic E-state index is -0.658. The molecular formula is C17H27Cl2FN2O2. The van der Waals surface area contributed by atoms with Crippen LogP contribution >= 0.6 is 24.8 Å². The van der Waals surface area contributed by atoms with E-state index in [1.807, 2.05) is 6.07 Å². The highest BCUT2D eigenvalue weighted by atomic mass is 35.5. The molecule has 1 atom stereocenters. The third kappa shape index (κ3) is 5.04. The topological polar surface area (TPSA) is 53.5 Å². The van der Waals surface area contributed by atoms with Crippen molar-refractivity contribution in [1.29, 1.82) is 0 Å². The van der Waals surface area contributed by atoms with Crippen LogP contribution in [0.25, 0.3) is 0 Å². The van der Waals surface area contributed by atoms with Gasteiger partial charge in [0.15, 0.2) is 0 Å². The van der Waals surface area contributed by atoms with Crippen LogP contribution in [0.5, 0.6) is 0 Å². The SMILES string of the molecule is Cl.Cl.OC1(CNCC2(c3cccc(F)c3)CCOCC2)CCNC1. The van der Waals surface area contributed by atoms with E-state index in [0.29, 0.717) is 26.3 Å². The molecule has 4 nitrogen and oxygen atoms in total. The molecule has 0 bridgehead atoms. The zero-order chi connectivity index (χ0) is 15.5. The highest BCUT2D eigenvalue weighted by Crippen LogP contribution is 2.34. The lowest BCUT2D eigenvalue weighted by Crippen LogP contribution is -2.48. The van der Waals surface area contributed by atoms with Crippen LogP contribution in [-0.2, 0) is 10.2 Å². The maximum atomic E-state index is 13.6. The predicted molar refractivity (Wildman–Crippen MR) is 97.9 cm³/mol. The van der Waals surface area contributed by atoms with Gasteiger partial charge in [-0.1, -0.05) is 12.1 Å². The van der Waals surface area contributed by atoms with Gasteiger partial charge in [-0.2, -0.15) is 0 Å². The highest BCUT2D eigenvalue weighted by Gasteiger charge is 2.36. The molecule has 3 N–H and O–H groups in total. The van der Waals surface area contributed by atoms with Crippen LogP contribution in [-0.4, -0.2) is 50.1 Å². The molecule has 0 amide bonds. The Balaban J connectivity index is 0.00000144. The van der Waals surface area contributed by atoms with Crippen LogP contribution < -0.4 is 10.6 Å². The summed E-state index contributed by atoms with van der Waals surface area (Å²) in [6.07, 6.45) is 2.52. The summed E-state index contributed by atoms with van der Waals surface area (Å²) in [4.78, 5) is 0. The van der Waals surface area contributed by atoms with Gasteiger partial charge in [-0.3, -0.25) is 0 Å². The lowest BCUT2D eigenvalue weighted by atomic mass is 9.74. The average molecular weight is 381 g/mol. The monoisotopic (exact) mass is 380 g/mol. The van der Waals surface area contributed by atoms with Crippen molar-refractivity contribution < 1.29 is 14.2 Å². The number of hydrogen-bond donors (Lipinski definition) is 3. The second-order valence-corrected chi connectivity index (χ2v) is 6.66. The first-order valence-corrected chi connectivity index (χ1v) is 8.10. The van der Waals surface area contributed by atoms with Crippen LogP contribution in [0.4, 0.5) is 4.39 Å². The number of halogens is 3. The fraction of sp³-hybridized carbons (Fsp3) is 0.647. The van der Waals surface area contributed by atoms with E-state index in [-0.39, 0.29) is 36.0 Å². The van der Waals surface area contributed by atoms with E-state index < -0.39 is 5.60 Å². The maximum Gasteiger partial charge on any atom is 0.123 e. The number of β-amino-alcohol motifs (C(OH)–C–C–N with tert-alkyl or cyclic N) is 1. The van der Waals surface area contributed by atoms with Crippen molar-refractivity contribution in [3.05, 3.63) is 35.6 Å². The number of nitrogens with one attached hydrogen (secondary N) is 2. The minimum Gasteiger partial charge on any atom is -0.387 e. The molecule has 2 aliphatic heterocycles. The van der Waals surface area contributed by atoms with Crippen LogP contribution in [0.3, 0.4) is 0 Å². The molecule has 0 aliphatic carbocycles. The van der Waals surface area contributed by atoms with Crippen molar-refractivity contribution in [2.45, 2.75) is 30.3 Å². The van der Waals surface area contributed by atoms with Crippen molar-refractivity contribution in [3.8, 4) is 0 Å². The van der Waals surface area contributed by atoms with Crippen molar-refractivity contribution in [2.24, 2.45) is 0 Å². The second-order valence-electron chi connectivity index (χ2n) is 6.66. The molecule has 0 spiro atoms. The van der Waals surface area contributed by atoms with Gasteiger partial charge in [-0.05, 0) is 43.5 Å². The Morgan fingerprint density at radius 2 is 1.92 bits per heavy atom. The molecule has 7 heteroatoms. The third-order valence-corrected chi connectivity index (χ3v) is 5.03. The summed E-state index contributed by atoms with van der Waals surface area (Å²) < 4.78 is 19.1. The van der Waals surface area contributed by atoms with E-state index in [1.165, 1.54) is 6.07 Å². The molecule has 1 aromatic carbocycles. The predicted octanol–water partition coefficient (Wildman–Crippen LogP) is 2.03. The maximum absolute atomic E-state index is 13.6. The Kier molecular flexibility index (Phi) is 8.39. The van der Waals surface area contributed by atoms with E-state index in [0.717, 1.165) is 37.9 Å². The van der Waals surface area contributed by atoms with Gasteiger partial charge in [0.25, 0.3) is 0 Å². The Morgan fingerprint density at radius 3 is 2.54 bits per heavy atom. The highest BCUT2D eigenvalue weighted by molar-refractivity contribution is 5.85. The summed E-state index contributed by atoms with van der Waals surface area (Å²) in [5, 5.41) is 17.0. The Morgan fingerprint density at radius 1 is 1.17 bits per heavy atom. The number of hydrogen-bond acceptors (Lipinski definition) is 4. The molecular weight excluding hydrogens is 354 g/mol. The molecule has 2 heterocycles. The first kappa shape index (κ1) is 21.6. The number of aliphatic hydroxyl groups is 1. The number of rotatable bonds is 5. The second kappa shape index (κ2) is 9.32. The van der Waals surface area contributed by atoms with Crippen molar-refractivity contribution in [3.63, 3.8) is 0 Å². The van der Waals surface area contributed by atoms with Gasteiger partial charge in [0.05, 0.1) is 5.60 Å². The molecule has 3 rings (SSSR count). The van der Waals surface area contributed by atoms with Gasteiger partial charge in [-0.25, -0.2) is 4.39 Å². The van der Waals surface area contributed by atoms with E-state index in [2.05, 4.69) is 10.6 Å². The molecule has 0 aromatic heterocycles. The van der Waals surface area contributed by atoms with Crippen LogP contribution in [0, 0.1) is 5.82 Å². The summed E-state index contributed by atoms with van der Waals surface area (Å²) in [6, 6.07) is 6.90. The molecule has 138 valence electrons. The average Bonchev–Trinajstić information content (AvgIpc) is 2.95. The summed E-state index contributed by atoms with van der Waals surface area (Å²) in [7, 11) is 0. The largest absolute Gasteiger partial charge is 0.387 e. The standard InChI is InChI=1S/C17H25FN2O2.2ClH/c18-15-3-1-2-14(10-15)16(5-8-22-9-6-16)11-20-13-17(21)4-7-19-12-17;;/h1-3,10,19-21H,4-9,11-13H2;2*1H. The summed E-state index contributed by atoms with van der Waals surface area (Å²) in [6.45, 7) is 4.20. The summed E-state index contributed by atoms with van der Waals surface area (Å²) in [5.74, 6) is -0.193. The smallest absolute Gasteiger partial charge is 0.123 e. The molecule has 2 fully saturated rings. The number of ether oxygens (including phenoxy) is 1. The summed E-state index contributed by atoms with van der Waals surface area (Å²) in [5.41, 5.74) is 0.261. The van der Waals surface area contributed by atoms with Gasteiger partial charge >= 0.3 is 0 Å². The lowest BCUT2D eigenvalue weighted by molar-refractivity contribution is 0.0387. The van der Waals surface area contributed by atoms with Crippen molar-refractivity contribution in [1.82, 2.24) is 10.6 Å². The molecule has 1 unspecified atom stereocenters. The molecule has 2 aliphatic rings. The third-order valence-electron chi connectivity index (χ3n) is 5.03. The lowest BCUT2D eigenvalue weighted by Gasteiger charge is -2.39. The first-order valence-electron chi connectivity index (χ1n) is 8.10. The zero-order valence-corrected chi connectivity index (χ0v) is 15.4. The van der Waals surface area contributed by atoms with E-state index >= 15 is 0 Å². The minimum absolute atomic E-state index is 0. The van der Waals surface area contributed by atoms with Gasteiger partial charge in [0.2, 0.25) is 0 Å². The van der Waals surface area contributed by atoms with Crippen LogP contribution in [0.1, 0.15) is 24.8 Å². The van der Waals surface area contributed by atoms with Crippen LogP contribution in [0.15, 0.2) is 24.3 Å². The van der Waals surface area contributed by atoms with Gasteiger partial charge in [-0.15, -0.1) is 24.8 Å². The molecule has 2 saturated heterocycles. The van der Waals surface area contributed by atoms with E-state index in [9.17, 15) is 9.50 Å². The fourth-order valence-electron chi connectivity index (χ4n) is 3.56. The summed E-state index contributed by atoms with van der Waals surface area (Å²) >= 11 is 0. The molecule has 24 heavy (non-hydrogen) atoms. The van der Waals surface area contributed by atoms with E-state index in [4.69, 9.17) is 4.74 Å². The molecule has 0 saturated carbocycles. The Bertz CT molecular complexity index is 507. The molecule has 0 radical (unpaired) electrons. The van der Waals surface area contributed by atoms with Crippen molar-refractivity contribution in [2.75, 3.05) is 39.4 Å². The van der Waals surface area contributed by atoms with Gasteiger partial charge < -0.3 is 20.5 Å². The van der Waals surface area contributed by atoms with Gasteiger partial charge in [0, 0.05) is 38.3 Å². The normalized spacial score (nSPS) is 25.6. The van der Waals surface area contributed by atoms with Crippen LogP contribution in [0.2, 0.25) is 0 Å².